The van der Waals surface area contributed by atoms with Gasteiger partial charge < -0.3 is 10.1 Å². The van der Waals surface area contributed by atoms with E-state index in [0.29, 0.717) is 24.2 Å². The topological polar surface area (TPSA) is 77.3 Å². The fraction of sp³-hybridized carbons (Fsp3) is 0.643. The predicted octanol–water partition coefficient (Wildman–Crippen LogP) is 3.38. The maximum absolute atomic E-state index is 10.9. The van der Waals surface area contributed by atoms with Crippen LogP contribution in [-0.4, -0.2) is 22.6 Å². The summed E-state index contributed by atoms with van der Waals surface area (Å²) < 4.78 is 5.85. The van der Waals surface area contributed by atoms with Gasteiger partial charge in [0.25, 0.3) is 5.69 Å². The van der Waals surface area contributed by atoms with E-state index in [1.54, 1.807) is 0 Å². The number of aromatic nitrogens is 1. The number of ether oxygens (including phenoxy) is 1. The van der Waals surface area contributed by atoms with Gasteiger partial charge in [-0.25, -0.2) is 0 Å². The second kappa shape index (κ2) is 6.54. The van der Waals surface area contributed by atoms with Gasteiger partial charge in [-0.05, 0) is 32.1 Å². The summed E-state index contributed by atoms with van der Waals surface area (Å²) in [6.45, 7) is 4.79. The first-order valence-electron chi connectivity index (χ1n) is 7.15. The maximum Gasteiger partial charge on any atom is 0.278 e. The second-order valence-electron chi connectivity index (χ2n) is 5.35. The van der Waals surface area contributed by atoms with E-state index >= 15 is 0 Å². The molecule has 1 heterocycles. The third-order valence-electron chi connectivity index (χ3n) is 3.53. The summed E-state index contributed by atoms with van der Waals surface area (Å²) >= 11 is 0. The number of rotatable bonds is 5. The van der Waals surface area contributed by atoms with Crippen molar-refractivity contribution in [3.8, 4) is 5.88 Å². The SMILES string of the molecule is CCNc1cc([N+](=O)[O-])cc(OC2CCCC(C)C2)n1. The smallest absolute Gasteiger partial charge is 0.278 e. The molecule has 1 aliphatic carbocycles. The molecule has 0 spiro atoms. The summed E-state index contributed by atoms with van der Waals surface area (Å²) in [5.41, 5.74) is 0.00908. The normalized spacial score (nSPS) is 22.3. The number of hydrogen-bond donors (Lipinski definition) is 1. The lowest BCUT2D eigenvalue weighted by Gasteiger charge is -2.26. The molecule has 110 valence electrons. The van der Waals surface area contributed by atoms with Crippen LogP contribution in [0.5, 0.6) is 5.88 Å². The van der Waals surface area contributed by atoms with Crippen molar-refractivity contribution in [1.29, 1.82) is 0 Å². The Morgan fingerprint density at radius 1 is 1.50 bits per heavy atom. The molecule has 1 fully saturated rings. The van der Waals surface area contributed by atoms with Gasteiger partial charge in [0.2, 0.25) is 5.88 Å². The highest BCUT2D eigenvalue weighted by Crippen LogP contribution is 2.29. The van der Waals surface area contributed by atoms with Crippen LogP contribution in [0.2, 0.25) is 0 Å². The monoisotopic (exact) mass is 279 g/mol. The first kappa shape index (κ1) is 14.6. The van der Waals surface area contributed by atoms with Crippen molar-refractivity contribution in [3.05, 3.63) is 22.2 Å². The molecule has 6 heteroatoms. The summed E-state index contributed by atoms with van der Waals surface area (Å²) in [7, 11) is 0. The highest BCUT2D eigenvalue weighted by atomic mass is 16.6. The molecule has 0 aliphatic heterocycles. The lowest BCUT2D eigenvalue weighted by molar-refractivity contribution is -0.384. The van der Waals surface area contributed by atoms with Crippen LogP contribution in [0.3, 0.4) is 0 Å². The van der Waals surface area contributed by atoms with Crippen molar-refractivity contribution in [2.45, 2.75) is 45.6 Å². The molecule has 0 radical (unpaired) electrons. The van der Waals surface area contributed by atoms with Gasteiger partial charge in [-0.3, -0.25) is 10.1 Å². The second-order valence-corrected chi connectivity index (χ2v) is 5.35. The Hall–Kier alpha value is -1.85. The third kappa shape index (κ3) is 3.82. The van der Waals surface area contributed by atoms with E-state index < -0.39 is 4.92 Å². The van der Waals surface area contributed by atoms with E-state index in [1.807, 2.05) is 6.92 Å². The average Bonchev–Trinajstić information content (AvgIpc) is 2.38. The van der Waals surface area contributed by atoms with E-state index in [2.05, 4.69) is 17.2 Å². The zero-order valence-electron chi connectivity index (χ0n) is 12.0. The minimum Gasteiger partial charge on any atom is -0.474 e. The van der Waals surface area contributed by atoms with E-state index in [9.17, 15) is 10.1 Å². The predicted molar refractivity (Wildman–Crippen MR) is 77.1 cm³/mol. The Kier molecular flexibility index (Phi) is 4.76. The van der Waals surface area contributed by atoms with Crippen molar-refractivity contribution >= 4 is 11.5 Å². The average molecular weight is 279 g/mol. The fourth-order valence-corrected chi connectivity index (χ4v) is 2.59. The Morgan fingerprint density at radius 2 is 2.30 bits per heavy atom. The first-order chi connectivity index (χ1) is 9.58. The zero-order valence-corrected chi connectivity index (χ0v) is 12.0. The molecule has 0 saturated heterocycles. The molecule has 1 aromatic heterocycles. The van der Waals surface area contributed by atoms with Crippen LogP contribution in [-0.2, 0) is 0 Å². The highest BCUT2D eigenvalue weighted by Gasteiger charge is 2.22. The van der Waals surface area contributed by atoms with Crippen molar-refractivity contribution in [2.24, 2.45) is 5.92 Å². The van der Waals surface area contributed by atoms with Gasteiger partial charge in [-0.1, -0.05) is 13.3 Å². The van der Waals surface area contributed by atoms with Crippen molar-refractivity contribution in [3.63, 3.8) is 0 Å². The van der Waals surface area contributed by atoms with Crippen LogP contribution in [0, 0.1) is 16.0 Å². The standard InChI is InChI=1S/C14H21N3O3/c1-3-15-13-8-11(17(18)19)9-14(16-13)20-12-6-4-5-10(2)7-12/h8-10,12H,3-7H2,1-2H3,(H,15,16). The number of pyridine rings is 1. The molecule has 2 atom stereocenters. The fourth-order valence-electron chi connectivity index (χ4n) is 2.59. The molecular formula is C14H21N3O3. The van der Waals surface area contributed by atoms with Gasteiger partial charge in [0, 0.05) is 6.54 Å². The molecular weight excluding hydrogens is 258 g/mol. The number of nitrogens with zero attached hydrogens (tertiary/aromatic N) is 2. The Balaban J connectivity index is 2.14. The van der Waals surface area contributed by atoms with Crippen LogP contribution >= 0.6 is 0 Å². The summed E-state index contributed by atoms with van der Waals surface area (Å²) in [6, 6.07) is 2.83. The van der Waals surface area contributed by atoms with Crippen LogP contribution in [0.1, 0.15) is 39.5 Å². The molecule has 1 aromatic rings. The third-order valence-corrected chi connectivity index (χ3v) is 3.53. The van der Waals surface area contributed by atoms with E-state index in [-0.39, 0.29) is 11.8 Å². The summed E-state index contributed by atoms with van der Waals surface area (Å²) in [5.74, 6) is 1.47. The number of nitrogens with one attached hydrogen (secondary N) is 1. The van der Waals surface area contributed by atoms with Crippen molar-refractivity contribution < 1.29 is 9.66 Å². The van der Waals surface area contributed by atoms with Gasteiger partial charge in [-0.15, -0.1) is 0 Å². The Labute approximate surface area is 118 Å². The lowest BCUT2D eigenvalue weighted by Crippen LogP contribution is -2.24. The molecule has 1 saturated carbocycles. The minimum absolute atomic E-state index is 0.00908. The van der Waals surface area contributed by atoms with E-state index in [4.69, 9.17) is 4.74 Å². The molecule has 0 amide bonds. The summed E-state index contributed by atoms with van der Waals surface area (Å²) in [4.78, 5) is 14.8. The van der Waals surface area contributed by atoms with E-state index in [0.717, 1.165) is 19.3 Å². The van der Waals surface area contributed by atoms with Crippen molar-refractivity contribution in [2.75, 3.05) is 11.9 Å². The number of anilines is 1. The lowest BCUT2D eigenvalue weighted by atomic mass is 9.89. The Bertz CT molecular complexity index is 479. The van der Waals surface area contributed by atoms with Crippen LogP contribution in [0.15, 0.2) is 12.1 Å². The largest absolute Gasteiger partial charge is 0.474 e. The van der Waals surface area contributed by atoms with Gasteiger partial charge in [0.15, 0.2) is 0 Å². The zero-order chi connectivity index (χ0) is 14.5. The summed E-state index contributed by atoms with van der Waals surface area (Å²) in [6.07, 6.45) is 4.46. The van der Waals surface area contributed by atoms with Crippen LogP contribution < -0.4 is 10.1 Å². The first-order valence-corrected chi connectivity index (χ1v) is 7.15. The molecule has 1 N–H and O–H groups in total. The quantitative estimate of drug-likeness (QED) is 0.660. The molecule has 1 aliphatic rings. The van der Waals surface area contributed by atoms with E-state index in [1.165, 1.54) is 18.6 Å². The molecule has 0 bridgehead atoms. The van der Waals surface area contributed by atoms with Crippen molar-refractivity contribution in [1.82, 2.24) is 4.98 Å². The molecule has 20 heavy (non-hydrogen) atoms. The Morgan fingerprint density at radius 3 is 2.95 bits per heavy atom. The van der Waals surface area contributed by atoms with Gasteiger partial charge in [0.1, 0.15) is 11.9 Å². The maximum atomic E-state index is 10.9. The molecule has 0 aromatic carbocycles. The number of hydrogen-bond acceptors (Lipinski definition) is 5. The number of nitro groups is 1. The minimum atomic E-state index is -0.418. The van der Waals surface area contributed by atoms with Crippen LogP contribution in [0.4, 0.5) is 11.5 Å². The van der Waals surface area contributed by atoms with Gasteiger partial charge in [0.05, 0.1) is 17.1 Å². The summed E-state index contributed by atoms with van der Waals surface area (Å²) in [5, 5.41) is 13.9. The van der Waals surface area contributed by atoms with Gasteiger partial charge in [-0.2, -0.15) is 4.98 Å². The molecule has 2 unspecified atom stereocenters. The van der Waals surface area contributed by atoms with Gasteiger partial charge >= 0.3 is 0 Å². The molecule has 2 rings (SSSR count). The highest BCUT2D eigenvalue weighted by molar-refractivity contribution is 5.48. The molecule has 6 nitrogen and oxygen atoms in total. The van der Waals surface area contributed by atoms with Crippen LogP contribution in [0.25, 0.3) is 0 Å².